The molecule has 0 radical (unpaired) electrons. The first-order valence-electron chi connectivity index (χ1n) is 12.8. The Hall–Kier alpha value is -3.21. The van der Waals surface area contributed by atoms with E-state index < -0.39 is 11.5 Å². The third kappa shape index (κ3) is 7.18. The van der Waals surface area contributed by atoms with E-state index in [1.165, 1.54) is 38.4 Å². The predicted molar refractivity (Wildman–Crippen MR) is 147 cm³/mol. The van der Waals surface area contributed by atoms with Crippen molar-refractivity contribution in [1.29, 1.82) is 5.26 Å². The summed E-state index contributed by atoms with van der Waals surface area (Å²) in [7, 11) is 0. The van der Waals surface area contributed by atoms with E-state index in [0.29, 0.717) is 16.8 Å². The van der Waals surface area contributed by atoms with Crippen LogP contribution in [0.3, 0.4) is 0 Å². The molecule has 0 aromatic heterocycles. The zero-order valence-electron chi connectivity index (χ0n) is 20.9. The molecule has 1 aliphatic rings. The van der Waals surface area contributed by atoms with Crippen molar-refractivity contribution in [2.24, 2.45) is 0 Å². The topological polar surface area (TPSA) is 88.4 Å². The molecule has 0 aliphatic carbocycles. The quantitative estimate of drug-likeness (QED) is 0.335. The second-order valence-corrected chi connectivity index (χ2v) is 9.97. The van der Waals surface area contributed by atoms with E-state index in [0.717, 1.165) is 30.8 Å². The van der Waals surface area contributed by atoms with Crippen molar-refractivity contribution in [3.8, 4) is 6.07 Å². The number of rotatable bonds is 10. The van der Waals surface area contributed by atoms with Crippen LogP contribution < -0.4 is 10.6 Å². The molecular weight excluding hydrogens is 484 g/mol. The van der Waals surface area contributed by atoms with Crippen molar-refractivity contribution in [2.45, 2.75) is 37.8 Å². The molecule has 0 bridgehead atoms. The lowest BCUT2D eigenvalue weighted by atomic mass is 9.86. The molecule has 1 aliphatic heterocycles. The number of amides is 1. The Labute approximate surface area is 223 Å². The van der Waals surface area contributed by atoms with Crippen molar-refractivity contribution in [3.05, 3.63) is 100 Å². The van der Waals surface area contributed by atoms with Crippen LogP contribution in [-0.2, 0) is 23.4 Å². The van der Waals surface area contributed by atoms with Gasteiger partial charge in [0.1, 0.15) is 6.07 Å². The van der Waals surface area contributed by atoms with Gasteiger partial charge in [-0.2, -0.15) is 5.26 Å². The molecule has 6 nitrogen and oxygen atoms in total. The Balaban J connectivity index is 1.46. The highest BCUT2D eigenvalue weighted by molar-refractivity contribution is 6.32. The number of anilines is 1. The normalized spacial score (nSPS) is 15.5. The van der Waals surface area contributed by atoms with Gasteiger partial charge in [-0.25, -0.2) is 0 Å². The Morgan fingerprint density at radius 1 is 1.00 bits per heavy atom. The Kier molecular flexibility index (Phi) is 9.32. The van der Waals surface area contributed by atoms with Crippen molar-refractivity contribution in [1.82, 2.24) is 10.2 Å². The number of aliphatic hydroxyl groups is 1. The highest BCUT2D eigenvalue weighted by Gasteiger charge is 2.38. The van der Waals surface area contributed by atoms with Crippen LogP contribution in [-0.4, -0.2) is 42.1 Å². The molecule has 1 heterocycles. The van der Waals surface area contributed by atoms with Crippen molar-refractivity contribution < 1.29 is 9.90 Å². The summed E-state index contributed by atoms with van der Waals surface area (Å²) >= 11 is 6.14. The summed E-state index contributed by atoms with van der Waals surface area (Å²) in [6.45, 7) is 5.07. The zero-order chi connectivity index (χ0) is 26.1. The SMILES string of the molecule is N#Cc1ccc(NC(=O)C(O)(Cc2cccc(CNCCN3CCCCC3)c2)c2ccccc2)cc1Cl. The summed E-state index contributed by atoms with van der Waals surface area (Å²) in [5, 5.41) is 27.4. The van der Waals surface area contributed by atoms with E-state index in [2.05, 4.69) is 21.6 Å². The first-order chi connectivity index (χ1) is 18.0. The van der Waals surface area contributed by atoms with Gasteiger partial charge in [-0.3, -0.25) is 4.79 Å². The lowest BCUT2D eigenvalue weighted by Gasteiger charge is -2.28. The van der Waals surface area contributed by atoms with Gasteiger partial charge in [-0.1, -0.05) is 72.6 Å². The number of hydrogen-bond donors (Lipinski definition) is 3. The third-order valence-electron chi connectivity index (χ3n) is 6.81. The standard InChI is InChI=1S/C30H33ClN4O2/c31-28-19-27(13-12-25(28)21-32)34-29(36)30(37,26-10-3-1-4-11-26)20-23-8-7-9-24(18-23)22-33-14-17-35-15-5-2-6-16-35/h1,3-4,7-13,18-19,33,37H,2,5-6,14-17,20,22H2,(H,34,36). The van der Waals surface area contributed by atoms with Crippen LogP contribution in [0.4, 0.5) is 5.69 Å². The molecule has 3 aromatic carbocycles. The van der Waals surface area contributed by atoms with E-state index in [9.17, 15) is 9.90 Å². The fourth-order valence-electron chi connectivity index (χ4n) is 4.74. The Morgan fingerprint density at radius 3 is 2.49 bits per heavy atom. The lowest BCUT2D eigenvalue weighted by molar-refractivity contribution is -0.135. The van der Waals surface area contributed by atoms with Crippen molar-refractivity contribution in [3.63, 3.8) is 0 Å². The summed E-state index contributed by atoms with van der Waals surface area (Å²) in [6, 6.07) is 23.6. The average Bonchev–Trinajstić information content (AvgIpc) is 2.92. The smallest absolute Gasteiger partial charge is 0.261 e. The number of nitrogens with one attached hydrogen (secondary N) is 2. The molecule has 1 fully saturated rings. The van der Waals surface area contributed by atoms with Gasteiger partial charge in [0.05, 0.1) is 10.6 Å². The summed E-state index contributed by atoms with van der Waals surface area (Å²) in [6.07, 6.45) is 4.02. The maximum atomic E-state index is 13.5. The molecule has 4 rings (SSSR count). The molecule has 0 spiro atoms. The maximum Gasteiger partial charge on any atom is 0.261 e. The molecule has 1 amide bonds. The molecule has 3 N–H and O–H groups in total. The lowest BCUT2D eigenvalue weighted by Crippen LogP contribution is -2.42. The van der Waals surface area contributed by atoms with E-state index in [-0.39, 0.29) is 11.4 Å². The first kappa shape index (κ1) is 26.8. The highest BCUT2D eigenvalue weighted by atomic mass is 35.5. The minimum absolute atomic E-state index is 0.106. The van der Waals surface area contributed by atoms with Gasteiger partial charge in [-0.15, -0.1) is 0 Å². The number of halogens is 1. The first-order valence-corrected chi connectivity index (χ1v) is 13.2. The number of nitriles is 1. The fraction of sp³-hybridized carbons (Fsp3) is 0.333. The molecule has 1 saturated heterocycles. The number of carbonyl (C=O) groups excluding carboxylic acids is 1. The van der Waals surface area contributed by atoms with Crippen LogP contribution in [0, 0.1) is 11.3 Å². The fourth-order valence-corrected chi connectivity index (χ4v) is 4.97. The number of piperidine rings is 1. The number of likely N-dealkylation sites (tertiary alicyclic amines) is 1. The Morgan fingerprint density at radius 2 is 1.76 bits per heavy atom. The Bertz CT molecular complexity index is 1240. The molecule has 1 atom stereocenters. The van der Waals surface area contributed by atoms with Gasteiger partial charge in [0.15, 0.2) is 5.60 Å². The second kappa shape index (κ2) is 12.8. The van der Waals surface area contributed by atoms with E-state index in [1.807, 2.05) is 30.3 Å². The minimum Gasteiger partial charge on any atom is -0.375 e. The minimum atomic E-state index is -1.80. The zero-order valence-corrected chi connectivity index (χ0v) is 21.7. The van der Waals surface area contributed by atoms with Crippen LogP contribution >= 0.6 is 11.6 Å². The number of nitrogens with zero attached hydrogens (tertiary/aromatic N) is 2. The van der Waals surface area contributed by atoms with Gasteiger partial charge >= 0.3 is 0 Å². The van der Waals surface area contributed by atoms with Crippen LogP contribution in [0.5, 0.6) is 0 Å². The molecule has 1 unspecified atom stereocenters. The van der Waals surface area contributed by atoms with Crippen LogP contribution in [0.1, 0.15) is 41.5 Å². The number of benzene rings is 3. The molecule has 192 valence electrons. The molecule has 37 heavy (non-hydrogen) atoms. The average molecular weight is 517 g/mol. The molecule has 0 saturated carbocycles. The molecule has 7 heteroatoms. The van der Waals surface area contributed by atoms with E-state index in [4.69, 9.17) is 16.9 Å². The van der Waals surface area contributed by atoms with E-state index in [1.54, 1.807) is 36.4 Å². The summed E-state index contributed by atoms with van der Waals surface area (Å²) in [5.41, 5.74) is 1.38. The van der Waals surface area contributed by atoms with Crippen LogP contribution in [0.25, 0.3) is 0 Å². The summed E-state index contributed by atoms with van der Waals surface area (Å²) < 4.78 is 0. The number of hydrogen-bond acceptors (Lipinski definition) is 5. The van der Waals surface area contributed by atoms with Crippen LogP contribution in [0.15, 0.2) is 72.8 Å². The van der Waals surface area contributed by atoms with Gasteiger partial charge in [0, 0.05) is 31.7 Å². The summed E-state index contributed by atoms with van der Waals surface area (Å²) in [4.78, 5) is 16.0. The summed E-state index contributed by atoms with van der Waals surface area (Å²) in [5.74, 6) is -0.565. The molecule has 3 aromatic rings. The third-order valence-corrected chi connectivity index (χ3v) is 7.12. The van der Waals surface area contributed by atoms with Crippen LogP contribution in [0.2, 0.25) is 5.02 Å². The highest BCUT2D eigenvalue weighted by Crippen LogP contribution is 2.29. The largest absolute Gasteiger partial charge is 0.375 e. The number of carbonyl (C=O) groups is 1. The van der Waals surface area contributed by atoms with Gasteiger partial charge < -0.3 is 20.6 Å². The van der Waals surface area contributed by atoms with Crippen molar-refractivity contribution in [2.75, 3.05) is 31.5 Å². The molecular formula is C30H33ClN4O2. The van der Waals surface area contributed by atoms with Crippen molar-refractivity contribution >= 4 is 23.2 Å². The second-order valence-electron chi connectivity index (χ2n) is 9.56. The predicted octanol–water partition coefficient (Wildman–Crippen LogP) is 4.86. The van der Waals surface area contributed by atoms with Gasteiger partial charge in [-0.05, 0) is 60.8 Å². The van der Waals surface area contributed by atoms with Gasteiger partial charge in [0.2, 0.25) is 0 Å². The van der Waals surface area contributed by atoms with Gasteiger partial charge in [0.25, 0.3) is 5.91 Å². The monoisotopic (exact) mass is 516 g/mol. The maximum absolute atomic E-state index is 13.5. The van der Waals surface area contributed by atoms with E-state index >= 15 is 0 Å².